The lowest BCUT2D eigenvalue weighted by Crippen LogP contribution is -2.43. The zero-order chi connectivity index (χ0) is 13.8. The van der Waals surface area contributed by atoms with Gasteiger partial charge in [-0.1, -0.05) is 6.92 Å². The van der Waals surface area contributed by atoms with E-state index in [-0.39, 0.29) is 18.3 Å². The fraction of sp³-hybridized carbons (Fsp3) is 0.733. The van der Waals surface area contributed by atoms with E-state index in [4.69, 9.17) is 4.74 Å². The van der Waals surface area contributed by atoms with Gasteiger partial charge >= 0.3 is 5.97 Å². The lowest BCUT2D eigenvalue weighted by Gasteiger charge is -2.36. The minimum absolute atomic E-state index is 0.209. The van der Waals surface area contributed by atoms with E-state index in [1.165, 1.54) is 0 Å². The van der Waals surface area contributed by atoms with Crippen LogP contribution in [0.15, 0.2) is 11.1 Å². The number of fused-ring (bicyclic) bond motifs is 3. The van der Waals surface area contributed by atoms with Crippen LogP contribution in [-0.2, 0) is 14.3 Å². The van der Waals surface area contributed by atoms with Gasteiger partial charge in [0.05, 0.1) is 17.6 Å². The first kappa shape index (κ1) is 12.9. The highest BCUT2D eigenvalue weighted by Gasteiger charge is 2.59. The van der Waals surface area contributed by atoms with Crippen LogP contribution >= 0.6 is 0 Å². The monoisotopic (exact) mass is 264 g/mol. The smallest absolute Gasteiger partial charge is 0.337 e. The predicted octanol–water partition coefficient (Wildman–Crippen LogP) is 1.62. The fourth-order valence-electron chi connectivity index (χ4n) is 4.33. The molecule has 0 bridgehead atoms. The van der Waals surface area contributed by atoms with Crippen molar-refractivity contribution in [1.82, 2.24) is 0 Å². The summed E-state index contributed by atoms with van der Waals surface area (Å²) in [7, 11) is 0. The Morgan fingerprint density at radius 1 is 1.32 bits per heavy atom. The number of hydrogen-bond acceptors (Lipinski definition) is 4. The summed E-state index contributed by atoms with van der Waals surface area (Å²) in [5, 5.41) is 9.38. The SMILES string of the molecule is C[C@H]1CCC2=C(CO)C(=O)O[C@H]2[C@]2(C)C(=O)CC[C@@H]12. The standard InChI is InChI=1S/C15H20O4/c1-8-3-4-9-10(7-16)14(18)19-13(9)15(2)11(8)5-6-12(15)17/h8,11,13,16H,3-7H2,1-2H3/t8-,11-,13+,15-/m0/s1. The maximum absolute atomic E-state index is 12.4. The third-order valence-electron chi connectivity index (χ3n) is 5.49. The molecule has 0 aromatic heterocycles. The van der Waals surface area contributed by atoms with Gasteiger partial charge < -0.3 is 9.84 Å². The van der Waals surface area contributed by atoms with Crippen LogP contribution in [-0.4, -0.2) is 29.6 Å². The zero-order valence-electron chi connectivity index (χ0n) is 11.4. The van der Waals surface area contributed by atoms with Crippen LogP contribution in [0.5, 0.6) is 0 Å². The first-order chi connectivity index (χ1) is 9.00. The third kappa shape index (κ3) is 1.55. The summed E-state index contributed by atoms with van der Waals surface area (Å²) >= 11 is 0. The number of ether oxygens (including phenoxy) is 1. The van der Waals surface area contributed by atoms with E-state index in [2.05, 4.69) is 6.92 Å². The number of esters is 1. The predicted molar refractivity (Wildman–Crippen MR) is 68.2 cm³/mol. The number of Topliss-reactive ketones (excluding diaryl/α,β-unsaturated/α-hetero) is 1. The summed E-state index contributed by atoms with van der Waals surface area (Å²) < 4.78 is 5.49. The molecule has 0 unspecified atom stereocenters. The molecule has 4 nitrogen and oxygen atoms in total. The number of aliphatic hydroxyl groups is 1. The lowest BCUT2D eigenvalue weighted by molar-refractivity contribution is -0.150. The molecule has 1 heterocycles. The molecule has 0 saturated heterocycles. The van der Waals surface area contributed by atoms with Gasteiger partial charge in [0.25, 0.3) is 0 Å². The molecule has 19 heavy (non-hydrogen) atoms. The lowest BCUT2D eigenvalue weighted by atomic mass is 9.69. The van der Waals surface area contributed by atoms with E-state index < -0.39 is 17.5 Å². The van der Waals surface area contributed by atoms with Crippen molar-refractivity contribution in [2.24, 2.45) is 17.3 Å². The molecule has 3 rings (SSSR count). The maximum atomic E-state index is 12.4. The highest BCUT2D eigenvalue weighted by Crippen LogP contribution is 2.55. The molecule has 1 N–H and O–H groups in total. The van der Waals surface area contributed by atoms with Crippen LogP contribution < -0.4 is 0 Å². The van der Waals surface area contributed by atoms with Gasteiger partial charge in [-0.25, -0.2) is 4.79 Å². The maximum Gasteiger partial charge on any atom is 0.337 e. The Morgan fingerprint density at radius 3 is 2.74 bits per heavy atom. The second-order valence-electron chi connectivity index (χ2n) is 6.31. The van der Waals surface area contributed by atoms with Crippen molar-refractivity contribution in [3.63, 3.8) is 0 Å². The normalized spacial score (nSPS) is 41.9. The highest BCUT2D eigenvalue weighted by molar-refractivity contribution is 5.95. The van der Waals surface area contributed by atoms with Crippen molar-refractivity contribution in [2.75, 3.05) is 6.61 Å². The Labute approximate surface area is 112 Å². The van der Waals surface area contributed by atoms with Crippen LogP contribution in [0.3, 0.4) is 0 Å². The molecule has 104 valence electrons. The second-order valence-corrected chi connectivity index (χ2v) is 6.31. The molecule has 0 radical (unpaired) electrons. The molecule has 4 heteroatoms. The van der Waals surface area contributed by atoms with Crippen LogP contribution in [0, 0.1) is 17.3 Å². The van der Waals surface area contributed by atoms with E-state index in [0.717, 1.165) is 24.8 Å². The average molecular weight is 264 g/mol. The molecule has 3 aliphatic rings. The summed E-state index contributed by atoms with van der Waals surface area (Å²) in [5.41, 5.74) is 0.677. The van der Waals surface area contributed by atoms with E-state index in [0.29, 0.717) is 17.9 Å². The van der Waals surface area contributed by atoms with E-state index in [1.807, 2.05) is 6.92 Å². The summed E-state index contributed by atoms with van der Waals surface area (Å²) in [4.78, 5) is 24.2. The van der Waals surface area contributed by atoms with E-state index in [1.54, 1.807) is 0 Å². The second kappa shape index (κ2) is 4.17. The first-order valence-electron chi connectivity index (χ1n) is 7.07. The third-order valence-corrected chi connectivity index (χ3v) is 5.49. The molecule has 0 aromatic rings. The van der Waals surface area contributed by atoms with Crippen LogP contribution in [0.25, 0.3) is 0 Å². The van der Waals surface area contributed by atoms with Gasteiger partial charge in [0, 0.05) is 6.42 Å². The number of carbonyl (C=O) groups is 2. The molecular weight excluding hydrogens is 244 g/mol. The van der Waals surface area contributed by atoms with Crippen molar-refractivity contribution >= 4 is 11.8 Å². The molecule has 4 atom stereocenters. The van der Waals surface area contributed by atoms with Gasteiger partial charge in [-0.3, -0.25) is 4.79 Å². The molecule has 2 fully saturated rings. The van der Waals surface area contributed by atoms with Gasteiger partial charge in [0.1, 0.15) is 11.9 Å². The average Bonchev–Trinajstić information content (AvgIpc) is 2.83. The zero-order valence-corrected chi connectivity index (χ0v) is 11.4. The number of carbonyl (C=O) groups excluding carboxylic acids is 2. The van der Waals surface area contributed by atoms with E-state index >= 15 is 0 Å². The van der Waals surface area contributed by atoms with E-state index in [9.17, 15) is 14.7 Å². The minimum atomic E-state index is -0.585. The molecular formula is C15H20O4. The number of hydrogen-bond donors (Lipinski definition) is 1. The van der Waals surface area contributed by atoms with Gasteiger partial charge in [-0.05, 0) is 43.6 Å². The van der Waals surface area contributed by atoms with Gasteiger partial charge in [0.2, 0.25) is 0 Å². The first-order valence-corrected chi connectivity index (χ1v) is 7.07. The van der Waals surface area contributed by atoms with Crippen molar-refractivity contribution in [3.05, 3.63) is 11.1 Å². The topological polar surface area (TPSA) is 63.6 Å². The van der Waals surface area contributed by atoms with Gasteiger partial charge in [-0.15, -0.1) is 0 Å². The molecule has 1 aliphatic heterocycles. The molecule has 0 amide bonds. The van der Waals surface area contributed by atoms with Gasteiger partial charge in [0.15, 0.2) is 0 Å². The quantitative estimate of drug-likeness (QED) is 0.731. The van der Waals surface area contributed by atoms with Crippen molar-refractivity contribution in [2.45, 2.75) is 45.6 Å². The molecule has 2 aliphatic carbocycles. The largest absolute Gasteiger partial charge is 0.453 e. The Morgan fingerprint density at radius 2 is 2.05 bits per heavy atom. The summed E-state index contributed by atoms with van der Waals surface area (Å²) in [5.74, 6) is 0.513. The Kier molecular flexibility index (Phi) is 2.82. The number of ketones is 1. The summed E-state index contributed by atoms with van der Waals surface area (Å²) in [6.07, 6.45) is 2.76. The van der Waals surface area contributed by atoms with Crippen molar-refractivity contribution < 1.29 is 19.4 Å². The Bertz CT molecular complexity index is 479. The summed E-state index contributed by atoms with van der Waals surface area (Å²) in [6.45, 7) is 3.85. The number of rotatable bonds is 1. The fourth-order valence-corrected chi connectivity index (χ4v) is 4.33. The Hall–Kier alpha value is -1.16. The van der Waals surface area contributed by atoms with Crippen molar-refractivity contribution in [3.8, 4) is 0 Å². The van der Waals surface area contributed by atoms with Crippen LogP contribution in [0.2, 0.25) is 0 Å². The Balaban J connectivity index is 2.12. The molecule has 0 spiro atoms. The summed E-state index contributed by atoms with van der Waals surface area (Å²) in [6, 6.07) is 0. The minimum Gasteiger partial charge on any atom is -0.453 e. The van der Waals surface area contributed by atoms with Gasteiger partial charge in [-0.2, -0.15) is 0 Å². The molecule has 2 saturated carbocycles. The molecule has 0 aromatic carbocycles. The van der Waals surface area contributed by atoms with Crippen LogP contribution in [0.4, 0.5) is 0 Å². The highest BCUT2D eigenvalue weighted by atomic mass is 16.6. The number of aliphatic hydroxyl groups excluding tert-OH is 1. The van der Waals surface area contributed by atoms with Crippen molar-refractivity contribution in [1.29, 1.82) is 0 Å². The van der Waals surface area contributed by atoms with Crippen LogP contribution in [0.1, 0.15) is 39.5 Å².